The van der Waals surface area contributed by atoms with Crippen LogP contribution >= 0.6 is 11.6 Å². The Morgan fingerprint density at radius 1 is 1.12 bits per heavy atom. The molecule has 2 aromatic carbocycles. The molecule has 82 valence electrons. The molecule has 0 radical (unpaired) electrons. The fourth-order valence-electron chi connectivity index (χ4n) is 1.52. The third kappa shape index (κ3) is 2.02. The van der Waals surface area contributed by atoms with Gasteiger partial charge in [0.1, 0.15) is 5.82 Å². The molecular formula is C13H11ClFN. The van der Waals surface area contributed by atoms with Crippen molar-refractivity contribution in [3.05, 3.63) is 52.8 Å². The molecule has 0 heterocycles. The number of nitrogens with two attached hydrogens (primary N) is 1. The van der Waals surface area contributed by atoms with Crippen LogP contribution in [0, 0.1) is 12.7 Å². The lowest BCUT2D eigenvalue weighted by atomic mass is 10.0. The van der Waals surface area contributed by atoms with Gasteiger partial charge >= 0.3 is 0 Å². The third-order valence-electron chi connectivity index (χ3n) is 2.45. The maximum atomic E-state index is 13.7. The van der Waals surface area contributed by atoms with Crippen LogP contribution in [0.2, 0.25) is 5.02 Å². The van der Waals surface area contributed by atoms with Crippen molar-refractivity contribution in [2.24, 2.45) is 0 Å². The smallest absolute Gasteiger partial charge is 0.132 e. The summed E-state index contributed by atoms with van der Waals surface area (Å²) in [4.78, 5) is 0. The van der Waals surface area contributed by atoms with E-state index in [9.17, 15) is 4.39 Å². The first-order valence-corrected chi connectivity index (χ1v) is 5.27. The number of halogens is 2. The van der Waals surface area contributed by atoms with E-state index >= 15 is 0 Å². The minimum absolute atomic E-state index is 0.244. The predicted molar refractivity (Wildman–Crippen MR) is 66.0 cm³/mol. The fourth-order valence-corrected chi connectivity index (χ4v) is 1.67. The summed E-state index contributed by atoms with van der Waals surface area (Å²) >= 11 is 5.73. The normalized spacial score (nSPS) is 10.4. The molecular weight excluding hydrogens is 225 g/mol. The van der Waals surface area contributed by atoms with Gasteiger partial charge < -0.3 is 5.73 Å². The summed E-state index contributed by atoms with van der Waals surface area (Å²) < 4.78 is 13.7. The van der Waals surface area contributed by atoms with Gasteiger partial charge in [0, 0.05) is 5.56 Å². The molecule has 0 bridgehead atoms. The molecule has 0 atom stereocenters. The first kappa shape index (κ1) is 11.0. The Morgan fingerprint density at radius 3 is 2.38 bits per heavy atom. The summed E-state index contributed by atoms with van der Waals surface area (Å²) in [5.41, 5.74) is 8.45. The average molecular weight is 236 g/mol. The zero-order valence-corrected chi connectivity index (χ0v) is 9.55. The highest BCUT2D eigenvalue weighted by Gasteiger charge is 2.08. The maximum Gasteiger partial charge on any atom is 0.132 e. The molecule has 0 saturated carbocycles. The number of aryl methyl sites for hydroxylation is 1. The molecule has 3 heteroatoms. The lowest BCUT2D eigenvalue weighted by Gasteiger charge is -2.06. The lowest BCUT2D eigenvalue weighted by Crippen LogP contribution is -1.91. The SMILES string of the molecule is Cc1ccc(-c2cc(N)c(Cl)cc2F)cc1. The summed E-state index contributed by atoms with van der Waals surface area (Å²) in [6.45, 7) is 1.98. The average Bonchev–Trinajstić information content (AvgIpc) is 2.25. The van der Waals surface area contributed by atoms with Crippen LogP contribution in [0.25, 0.3) is 11.1 Å². The Kier molecular flexibility index (Phi) is 2.84. The van der Waals surface area contributed by atoms with Gasteiger partial charge in [-0.25, -0.2) is 4.39 Å². The molecule has 1 nitrogen and oxygen atoms in total. The molecule has 0 spiro atoms. The van der Waals surface area contributed by atoms with Crippen molar-refractivity contribution < 1.29 is 4.39 Å². The second kappa shape index (κ2) is 4.14. The summed E-state index contributed by atoms with van der Waals surface area (Å²) in [5.74, 6) is -0.358. The molecule has 0 aliphatic rings. The van der Waals surface area contributed by atoms with Gasteiger partial charge in [-0.2, -0.15) is 0 Å². The van der Waals surface area contributed by atoms with E-state index < -0.39 is 0 Å². The Hall–Kier alpha value is -1.54. The largest absolute Gasteiger partial charge is 0.398 e. The second-order valence-corrected chi connectivity index (χ2v) is 4.13. The minimum Gasteiger partial charge on any atom is -0.398 e. The number of hydrogen-bond donors (Lipinski definition) is 1. The minimum atomic E-state index is -0.358. The zero-order chi connectivity index (χ0) is 11.7. The van der Waals surface area contributed by atoms with Crippen molar-refractivity contribution in [2.75, 3.05) is 5.73 Å². The van der Waals surface area contributed by atoms with Crippen molar-refractivity contribution in [3.8, 4) is 11.1 Å². The van der Waals surface area contributed by atoms with Crippen molar-refractivity contribution in [1.29, 1.82) is 0 Å². The molecule has 2 rings (SSSR count). The topological polar surface area (TPSA) is 26.0 Å². The molecule has 16 heavy (non-hydrogen) atoms. The molecule has 0 fully saturated rings. The highest BCUT2D eigenvalue weighted by molar-refractivity contribution is 6.33. The van der Waals surface area contributed by atoms with Crippen LogP contribution < -0.4 is 5.73 Å². The van der Waals surface area contributed by atoms with Crippen LogP contribution in [0.15, 0.2) is 36.4 Å². The van der Waals surface area contributed by atoms with E-state index in [1.54, 1.807) is 6.07 Å². The van der Waals surface area contributed by atoms with Gasteiger partial charge in [-0.3, -0.25) is 0 Å². The van der Waals surface area contributed by atoms with Gasteiger partial charge in [0.25, 0.3) is 0 Å². The van der Waals surface area contributed by atoms with Crippen LogP contribution in [0.5, 0.6) is 0 Å². The van der Waals surface area contributed by atoms with Gasteiger partial charge in [-0.15, -0.1) is 0 Å². The second-order valence-electron chi connectivity index (χ2n) is 3.72. The highest BCUT2D eigenvalue weighted by Crippen LogP contribution is 2.29. The predicted octanol–water partition coefficient (Wildman–Crippen LogP) is 4.04. The van der Waals surface area contributed by atoms with Gasteiger partial charge in [0.2, 0.25) is 0 Å². The molecule has 2 N–H and O–H groups in total. The lowest BCUT2D eigenvalue weighted by molar-refractivity contribution is 0.631. The highest BCUT2D eigenvalue weighted by atomic mass is 35.5. The number of anilines is 1. The van der Waals surface area contributed by atoms with Crippen molar-refractivity contribution >= 4 is 17.3 Å². The van der Waals surface area contributed by atoms with E-state index in [0.29, 0.717) is 11.3 Å². The van der Waals surface area contributed by atoms with Crippen molar-refractivity contribution in [1.82, 2.24) is 0 Å². The Bertz CT molecular complexity index is 520. The monoisotopic (exact) mass is 235 g/mol. The third-order valence-corrected chi connectivity index (χ3v) is 2.78. The summed E-state index contributed by atoms with van der Waals surface area (Å²) in [6, 6.07) is 10.4. The number of benzene rings is 2. The molecule has 0 saturated heterocycles. The van der Waals surface area contributed by atoms with Crippen molar-refractivity contribution in [3.63, 3.8) is 0 Å². The molecule has 0 aromatic heterocycles. The molecule has 0 aliphatic heterocycles. The van der Waals surface area contributed by atoms with Crippen LogP contribution in [-0.4, -0.2) is 0 Å². The van der Waals surface area contributed by atoms with E-state index in [-0.39, 0.29) is 10.8 Å². The maximum absolute atomic E-state index is 13.7. The van der Waals surface area contributed by atoms with E-state index in [1.165, 1.54) is 6.07 Å². The van der Waals surface area contributed by atoms with Crippen LogP contribution in [0.1, 0.15) is 5.56 Å². The first-order valence-electron chi connectivity index (χ1n) is 4.89. The molecule has 2 aromatic rings. The number of nitrogen functional groups attached to an aromatic ring is 1. The van der Waals surface area contributed by atoms with E-state index in [1.807, 2.05) is 31.2 Å². The quantitative estimate of drug-likeness (QED) is 0.742. The van der Waals surface area contributed by atoms with Crippen LogP contribution in [0.4, 0.5) is 10.1 Å². The first-order chi connectivity index (χ1) is 7.58. The summed E-state index contributed by atoms with van der Waals surface area (Å²) in [7, 11) is 0. The van der Waals surface area contributed by atoms with Gasteiger partial charge in [-0.1, -0.05) is 41.4 Å². The van der Waals surface area contributed by atoms with Crippen molar-refractivity contribution in [2.45, 2.75) is 6.92 Å². The Balaban J connectivity index is 2.56. The van der Waals surface area contributed by atoms with E-state index in [0.717, 1.165) is 11.1 Å². The molecule has 0 unspecified atom stereocenters. The Morgan fingerprint density at radius 2 is 1.75 bits per heavy atom. The van der Waals surface area contributed by atoms with Gasteiger partial charge in [0.15, 0.2) is 0 Å². The van der Waals surface area contributed by atoms with Crippen LogP contribution in [0.3, 0.4) is 0 Å². The van der Waals surface area contributed by atoms with E-state index in [4.69, 9.17) is 17.3 Å². The summed E-state index contributed by atoms with van der Waals surface area (Å²) in [6.07, 6.45) is 0. The standard InChI is InChI=1S/C13H11ClFN/c1-8-2-4-9(5-3-8)10-6-13(16)11(14)7-12(10)15/h2-7H,16H2,1H3. The Labute approximate surface area is 98.7 Å². The van der Waals surface area contributed by atoms with Gasteiger partial charge in [-0.05, 0) is 24.6 Å². The fraction of sp³-hybridized carbons (Fsp3) is 0.0769. The van der Waals surface area contributed by atoms with E-state index in [2.05, 4.69) is 0 Å². The number of rotatable bonds is 1. The summed E-state index contributed by atoms with van der Waals surface area (Å²) in [5, 5.41) is 0.244. The molecule has 0 amide bonds. The zero-order valence-electron chi connectivity index (χ0n) is 8.80. The van der Waals surface area contributed by atoms with Gasteiger partial charge in [0.05, 0.1) is 10.7 Å². The molecule has 0 aliphatic carbocycles. The van der Waals surface area contributed by atoms with Crippen LogP contribution in [-0.2, 0) is 0 Å². The number of hydrogen-bond acceptors (Lipinski definition) is 1.